The Kier molecular flexibility index (Phi) is 6.64. The first kappa shape index (κ1) is 25.1. The maximum absolute atomic E-state index is 13.6. The van der Waals surface area contributed by atoms with Crippen molar-refractivity contribution in [2.75, 3.05) is 33.3 Å². The topological polar surface area (TPSA) is 107 Å². The SMILES string of the molecule is COc1ccc2nc(N3C(=O)C(=O)/C(=C(/O)c4ccccc4)C3c3cc(OC)c(OC)c(OC)c3)sc2c1. The molecule has 1 atom stereocenters. The van der Waals surface area contributed by atoms with E-state index in [1.807, 2.05) is 6.07 Å². The fraction of sp³-hybridized carbons (Fsp3) is 0.179. The smallest absolute Gasteiger partial charge is 0.301 e. The van der Waals surface area contributed by atoms with Crippen LogP contribution < -0.4 is 23.8 Å². The van der Waals surface area contributed by atoms with Crippen molar-refractivity contribution in [3.8, 4) is 23.0 Å². The molecule has 1 N–H and O–H groups in total. The average molecular weight is 533 g/mol. The second kappa shape index (κ2) is 10.1. The highest BCUT2D eigenvalue weighted by molar-refractivity contribution is 7.22. The first-order chi connectivity index (χ1) is 18.4. The van der Waals surface area contributed by atoms with Crippen molar-refractivity contribution in [3.05, 3.63) is 77.4 Å². The van der Waals surface area contributed by atoms with Gasteiger partial charge in [0.25, 0.3) is 5.78 Å². The molecule has 0 radical (unpaired) electrons. The largest absolute Gasteiger partial charge is 0.507 e. The number of carbonyl (C=O) groups excluding carboxylic acids is 2. The van der Waals surface area contributed by atoms with E-state index in [1.54, 1.807) is 61.7 Å². The number of nitrogens with zero attached hydrogens (tertiary/aromatic N) is 2. The van der Waals surface area contributed by atoms with Crippen molar-refractivity contribution in [1.82, 2.24) is 4.98 Å². The highest BCUT2D eigenvalue weighted by atomic mass is 32.1. The molecular weight excluding hydrogens is 508 g/mol. The molecule has 0 saturated carbocycles. The number of hydrogen-bond donors (Lipinski definition) is 1. The quantitative estimate of drug-likeness (QED) is 0.202. The van der Waals surface area contributed by atoms with Gasteiger partial charge >= 0.3 is 5.91 Å². The molecule has 1 aromatic heterocycles. The second-order valence-corrected chi connectivity index (χ2v) is 9.33. The number of fused-ring (bicyclic) bond motifs is 1. The van der Waals surface area contributed by atoms with Crippen molar-refractivity contribution in [3.63, 3.8) is 0 Å². The Morgan fingerprint density at radius 3 is 2.18 bits per heavy atom. The Labute approximate surface area is 222 Å². The summed E-state index contributed by atoms with van der Waals surface area (Å²) in [5, 5.41) is 11.6. The number of anilines is 1. The number of methoxy groups -OCH3 is 4. The summed E-state index contributed by atoms with van der Waals surface area (Å²) in [6, 6.07) is 16.2. The molecule has 0 spiro atoms. The molecule has 3 aromatic carbocycles. The van der Waals surface area contributed by atoms with Crippen LogP contribution in [0.15, 0.2) is 66.2 Å². The van der Waals surface area contributed by atoms with Crippen molar-refractivity contribution in [2.45, 2.75) is 6.04 Å². The molecule has 4 aromatic rings. The van der Waals surface area contributed by atoms with Crippen LogP contribution in [0.5, 0.6) is 23.0 Å². The van der Waals surface area contributed by atoms with Crippen LogP contribution >= 0.6 is 11.3 Å². The summed E-state index contributed by atoms with van der Waals surface area (Å²) >= 11 is 1.24. The Morgan fingerprint density at radius 1 is 0.895 bits per heavy atom. The molecule has 2 heterocycles. The van der Waals surface area contributed by atoms with Crippen LogP contribution in [0.1, 0.15) is 17.2 Å². The van der Waals surface area contributed by atoms with Gasteiger partial charge in [0, 0.05) is 5.56 Å². The summed E-state index contributed by atoms with van der Waals surface area (Å²) < 4.78 is 22.6. The lowest BCUT2D eigenvalue weighted by Crippen LogP contribution is -2.29. The minimum Gasteiger partial charge on any atom is -0.507 e. The highest BCUT2D eigenvalue weighted by Gasteiger charge is 2.48. The summed E-state index contributed by atoms with van der Waals surface area (Å²) in [5.41, 5.74) is 1.43. The van der Waals surface area contributed by atoms with E-state index in [4.69, 9.17) is 18.9 Å². The molecule has 1 fully saturated rings. The zero-order valence-corrected chi connectivity index (χ0v) is 21.9. The van der Waals surface area contributed by atoms with Crippen molar-refractivity contribution >= 4 is 44.1 Å². The molecule has 38 heavy (non-hydrogen) atoms. The molecule has 9 nitrogen and oxygen atoms in total. The predicted octanol–water partition coefficient (Wildman–Crippen LogP) is 4.96. The maximum atomic E-state index is 13.6. The minimum absolute atomic E-state index is 0.0766. The van der Waals surface area contributed by atoms with Crippen LogP contribution in [0.4, 0.5) is 5.13 Å². The Balaban J connectivity index is 1.77. The number of aromatic nitrogens is 1. The van der Waals surface area contributed by atoms with E-state index in [0.29, 0.717) is 44.8 Å². The fourth-order valence-electron chi connectivity index (χ4n) is 4.48. The van der Waals surface area contributed by atoms with E-state index in [9.17, 15) is 14.7 Å². The summed E-state index contributed by atoms with van der Waals surface area (Å²) in [7, 11) is 6.00. The third-order valence-corrected chi connectivity index (χ3v) is 7.30. The van der Waals surface area contributed by atoms with E-state index in [1.165, 1.54) is 37.6 Å². The molecule has 1 unspecified atom stereocenters. The zero-order valence-electron chi connectivity index (χ0n) is 21.1. The van der Waals surface area contributed by atoms with E-state index >= 15 is 0 Å². The number of hydrogen-bond acceptors (Lipinski definition) is 9. The molecule has 1 amide bonds. The lowest BCUT2D eigenvalue weighted by Gasteiger charge is -2.24. The number of rotatable bonds is 7. The van der Waals surface area contributed by atoms with Gasteiger partial charge in [-0.05, 0) is 35.9 Å². The van der Waals surface area contributed by atoms with Gasteiger partial charge in [-0.2, -0.15) is 0 Å². The van der Waals surface area contributed by atoms with Crippen LogP contribution in [0.2, 0.25) is 0 Å². The molecular formula is C28H24N2O7S. The molecule has 1 aliphatic rings. The Bertz CT molecular complexity index is 1550. The number of carbonyl (C=O) groups is 2. The first-order valence-corrected chi connectivity index (χ1v) is 12.3. The molecule has 0 bridgehead atoms. The number of benzene rings is 3. The standard InChI is InChI=1S/C28H24N2O7S/c1-34-17-10-11-18-21(14-17)38-28(29-18)30-23(16-12-19(35-2)26(37-4)20(13-16)36-3)22(25(32)27(30)33)24(31)15-8-6-5-7-9-15/h5-14,23,31H,1-4H3/b24-22+. The third kappa shape index (κ3) is 4.08. The van der Waals surface area contributed by atoms with Gasteiger partial charge in [0.15, 0.2) is 16.6 Å². The third-order valence-electron chi connectivity index (χ3n) is 6.28. The molecule has 194 valence electrons. The molecule has 10 heteroatoms. The Morgan fingerprint density at radius 2 is 1.58 bits per heavy atom. The number of ketones is 1. The lowest BCUT2D eigenvalue weighted by molar-refractivity contribution is -0.132. The zero-order chi connectivity index (χ0) is 27.0. The second-order valence-electron chi connectivity index (χ2n) is 8.32. The maximum Gasteiger partial charge on any atom is 0.301 e. The summed E-state index contributed by atoms with van der Waals surface area (Å²) in [4.78, 5) is 33.0. The van der Waals surface area contributed by atoms with E-state index in [-0.39, 0.29) is 11.3 Å². The monoisotopic (exact) mass is 532 g/mol. The number of aliphatic hydroxyl groups excluding tert-OH is 1. The van der Waals surface area contributed by atoms with E-state index in [2.05, 4.69) is 4.98 Å². The summed E-state index contributed by atoms with van der Waals surface area (Å²) in [6.07, 6.45) is 0. The van der Waals surface area contributed by atoms with Crippen molar-refractivity contribution in [1.29, 1.82) is 0 Å². The van der Waals surface area contributed by atoms with Gasteiger partial charge in [-0.3, -0.25) is 14.5 Å². The van der Waals surface area contributed by atoms with Crippen LogP contribution in [-0.2, 0) is 9.59 Å². The minimum atomic E-state index is -1.02. The van der Waals surface area contributed by atoms with Gasteiger partial charge < -0.3 is 24.1 Å². The van der Waals surface area contributed by atoms with Crippen molar-refractivity contribution < 1.29 is 33.6 Å². The molecule has 1 saturated heterocycles. The first-order valence-electron chi connectivity index (χ1n) is 11.5. The van der Waals surface area contributed by atoms with E-state index < -0.39 is 17.7 Å². The van der Waals surface area contributed by atoms with Gasteiger partial charge in [0.1, 0.15) is 11.5 Å². The number of thiazole rings is 1. The van der Waals surface area contributed by atoms with Crippen LogP contribution in [-0.4, -0.2) is 50.2 Å². The molecule has 1 aliphatic heterocycles. The van der Waals surface area contributed by atoms with Crippen LogP contribution in [0, 0.1) is 0 Å². The molecule has 0 aliphatic carbocycles. The number of amides is 1. The van der Waals surface area contributed by atoms with Crippen LogP contribution in [0.25, 0.3) is 16.0 Å². The van der Waals surface area contributed by atoms with Crippen molar-refractivity contribution in [2.24, 2.45) is 0 Å². The van der Waals surface area contributed by atoms with Gasteiger partial charge in [-0.25, -0.2) is 4.98 Å². The fourth-order valence-corrected chi connectivity index (χ4v) is 5.50. The van der Waals surface area contributed by atoms with E-state index in [0.717, 1.165) is 4.70 Å². The van der Waals surface area contributed by atoms with Gasteiger partial charge in [0.2, 0.25) is 5.75 Å². The number of ether oxygens (including phenoxy) is 4. The lowest BCUT2D eigenvalue weighted by atomic mass is 9.95. The summed E-state index contributed by atoms with van der Waals surface area (Å²) in [6.45, 7) is 0. The van der Waals surface area contributed by atoms with Gasteiger partial charge in [0.05, 0.1) is 50.3 Å². The van der Waals surface area contributed by atoms with Gasteiger partial charge in [-0.15, -0.1) is 0 Å². The predicted molar refractivity (Wildman–Crippen MR) is 143 cm³/mol. The summed E-state index contributed by atoms with van der Waals surface area (Å²) in [5.74, 6) is -0.282. The number of aliphatic hydroxyl groups is 1. The normalized spacial score (nSPS) is 16.6. The molecule has 5 rings (SSSR count). The highest BCUT2D eigenvalue weighted by Crippen LogP contribution is 2.48. The van der Waals surface area contributed by atoms with Gasteiger partial charge in [-0.1, -0.05) is 41.7 Å². The number of Topliss-reactive ketones (excluding diaryl/α,β-unsaturated/α-hetero) is 1. The van der Waals surface area contributed by atoms with Crippen LogP contribution in [0.3, 0.4) is 0 Å². The average Bonchev–Trinajstić information content (AvgIpc) is 3.49. The Hall–Kier alpha value is -4.57.